The average Bonchev–Trinajstić information content (AvgIpc) is 2.98. The quantitative estimate of drug-likeness (QED) is 0.894. The lowest BCUT2D eigenvalue weighted by Gasteiger charge is -2.10. The van der Waals surface area contributed by atoms with Crippen LogP contribution in [0.1, 0.15) is 16.1 Å². The van der Waals surface area contributed by atoms with E-state index in [1.54, 1.807) is 6.07 Å². The highest BCUT2D eigenvalue weighted by Gasteiger charge is 2.22. The topological polar surface area (TPSA) is 55.1 Å². The number of nitrogens with one attached hydrogen (secondary N) is 1. The number of carbonyl (C=O) groups is 1. The molecular weight excluding hydrogens is 300 g/mol. The summed E-state index contributed by atoms with van der Waals surface area (Å²) in [5.41, 5.74) is 6.57. The number of thiophene rings is 1. The molecule has 0 spiro atoms. The molecule has 1 unspecified atom stereocenters. The third-order valence-corrected chi connectivity index (χ3v) is 5.82. The first-order valence-corrected chi connectivity index (χ1v) is 8.37. The summed E-state index contributed by atoms with van der Waals surface area (Å²) in [6.07, 6.45) is 1.03. The molecule has 1 aromatic carbocycles. The van der Waals surface area contributed by atoms with Gasteiger partial charge in [0.2, 0.25) is 0 Å². The second kappa shape index (κ2) is 5.23. The lowest BCUT2D eigenvalue weighted by atomic mass is 10.2. The Morgan fingerprint density at radius 3 is 3.00 bits per heavy atom. The van der Waals surface area contributed by atoms with E-state index in [1.807, 2.05) is 23.9 Å². The molecule has 1 amide bonds. The predicted molar refractivity (Wildman–Crippen MR) is 84.4 cm³/mol. The van der Waals surface area contributed by atoms with E-state index in [-0.39, 0.29) is 11.9 Å². The van der Waals surface area contributed by atoms with E-state index in [2.05, 4.69) is 5.32 Å². The molecule has 0 saturated carbocycles. The number of anilines is 1. The van der Waals surface area contributed by atoms with Crippen LogP contribution in [0.3, 0.4) is 0 Å². The molecule has 0 radical (unpaired) electrons. The fourth-order valence-corrected chi connectivity index (χ4v) is 4.73. The number of fused-ring (bicyclic) bond motifs is 1. The number of thioether (sulfide) groups is 1. The Labute approximate surface area is 124 Å². The van der Waals surface area contributed by atoms with Crippen LogP contribution in [0.15, 0.2) is 18.2 Å². The second-order valence-electron chi connectivity index (χ2n) is 4.49. The Kier molecular flexibility index (Phi) is 3.60. The van der Waals surface area contributed by atoms with Gasteiger partial charge in [-0.3, -0.25) is 4.79 Å². The number of amides is 1. The molecule has 0 bridgehead atoms. The molecular formula is C13H13ClN2OS2. The van der Waals surface area contributed by atoms with Crippen LogP contribution < -0.4 is 11.1 Å². The van der Waals surface area contributed by atoms with E-state index in [1.165, 1.54) is 11.3 Å². The Bertz CT molecular complexity index is 635. The summed E-state index contributed by atoms with van der Waals surface area (Å²) in [6, 6.07) is 5.86. The number of halogens is 1. The highest BCUT2D eigenvalue weighted by atomic mass is 35.5. The molecule has 3 nitrogen and oxygen atoms in total. The summed E-state index contributed by atoms with van der Waals surface area (Å²) in [4.78, 5) is 12.8. The van der Waals surface area contributed by atoms with Gasteiger partial charge in [0.1, 0.15) is 4.88 Å². The Morgan fingerprint density at radius 1 is 1.47 bits per heavy atom. The van der Waals surface area contributed by atoms with E-state index >= 15 is 0 Å². The molecule has 1 saturated heterocycles. The van der Waals surface area contributed by atoms with Crippen LogP contribution in [-0.4, -0.2) is 23.5 Å². The second-order valence-corrected chi connectivity index (χ2v) is 7.10. The fraction of sp³-hybridized carbons (Fsp3) is 0.308. The first-order chi connectivity index (χ1) is 9.16. The molecule has 100 valence electrons. The van der Waals surface area contributed by atoms with Gasteiger partial charge in [-0.1, -0.05) is 17.7 Å². The van der Waals surface area contributed by atoms with Gasteiger partial charge in [-0.2, -0.15) is 11.8 Å². The standard InChI is InChI=1S/C13H13ClN2OS2/c14-8-2-1-3-9-10(8)11(15)12(19-9)13(17)16-7-4-5-18-6-7/h1-3,7H,4-6,15H2,(H,16,17). The highest BCUT2D eigenvalue weighted by molar-refractivity contribution is 7.99. The van der Waals surface area contributed by atoms with Crippen LogP contribution in [-0.2, 0) is 0 Å². The predicted octanol–water partition coefficient (Wildman–Crippen LogP) is 3.37. The number of nitrogens with two attached hydrogens (primary N) is 1. The zero-order valence-corrected chi connectivity index (χ0v) is 12.5. The van der Waals surface area contributed by atoms with Crippen molar-refractivity contribution in [1.29, 1.82) is 0 Å². The minimum Gasteiger partial charge on any atom is -0.397 e. The van der Waals surface area contributed by atoms with Gasteiger partial charge in [0.25, 0.3) is 5.91 Å². The first-order valence-electron chi connectivity index (χ1n) is 6.02. The Hall–Kier alpha value is -0.910. The van der Waals surface area contributed by atoms with Crippen LogP contribution in [0, 0.1) is 0 Å². The summed E-state index contributed by atoms with van der Waals surface area (Å²) < 4.78 is 0.955. The zero-order valence-electron chi connectivity index (χ0n) is 10.1. The third kappa shape index (κ3) is 2.42. The number of nitrogen functional groups attached to an aromatic ring is 1. The average molecular weight is 313 g/mol. The third-order valence-electron chi connectivity index (χ3n) is 3.17. The summed E-state index contributed by atoms with van der Waals surface area (Å²) in [5.74, 6) is 2.01. The van der Waals surface area contributed by atoms with Gasteiger partial charge in [0, 0.05) is 21.9 Å². The summed E-state index contributed by atoms with van der Waals surface area (Å²) in [5, 5.41) is 4.43. The molecule has 1 aromatic heterocycles. The van der Waals surface area contributed by atoms with Crippen molar-refractivity contribution in [2.24, 2.45) is 0 Å². The van der Waals surface area contributed by atoms with Crippen molar-refractivity contribution in [1.82, 2.24) is 5.32 Å². The van der Waals surface area contributed by atoms with Gasteiger partial charge in [-0.05, 0) is 24.3 Å². The SMILES string of the molecule is Nc1c(C(=O)NC2CCSC2)sc2cccc(Cl)c12. The number of carbonyl (C=O) groups excluding carboxylic acids is 1. The van der Waals surface area contributed by atoms with Crippen LogP contribution in [0.2, 0.25) is 5.02 Å². The monoisotopic (exact) mass is 312 g/mol. The number of hydrogen-bond acceptors (Lipinski definition) is 4. The van der Waals surface area contributed by atoms with Gasteiger partial charge < -0.3 is 11.1 Å². The lowest BCUT2D eigenvalue weighted by molar-refractivity contribution is 0.0946. The van der Waals surface area contributed by atoms with Gasteiger partial charge >= 0.3 is 0 Å². The van der Waals surface area contributed by atoms with Gasteiger partial charge in [0.05, 0.1) is 10.7 Å². The van der Waals surface area contributed by atoms with Crippen molar-refractivity contribution >= 4 is 56.4 Å². The number of benzene rings is 1. The van der Waals surface area contributed by atoms with E-state index in [0.29, 0.717) is 15.6 Å². The molecule has 0 aliphatic carbocycles. The molecule has 3 rings (SSSR count). The maximum absolute atomic E-state index is 12.3. The molecule has 1 fully saturated rings. The maximum Gasteiger partial charge on any atom is 0.263 e. The normalized spacial score (nSPS) is 18.9. The van der Waals surface area contributed by atoms with Crippen molar-refractivity contribution in [3.8, 4) is 0 Å². The molecule has 1 atom stereocenters. The Balaban J connectivity index is 1.94. The molecule has 19 heavy (non-hydrogen) atoms. The minimum absolute atomic E-state index is 0.0812. The lowest BCUT2D eigenvalue weighted by Crippen LogP contribution is -2.34. The molecule has 2 heterocycles. The van der Waals surface area contributed by atoms with Crippen molar-refractivity contribution in [2.45, 2.75) is 12.5 Å². The van der Waals surface area contributed by atoms with Gasteiger partial charge in [0.15, 0.2) is 0 Å². The van der Waals surface area contributed by atoms with Gasteiger partial charge in [-0.15, -0.1) is 11.3 Å². The van der Waals surface area contributed by atoms with Crippen LogP contribution in [0.25, 0.3) is 10.1 Å². The van der Waals surface area contributed by atoms with Crippen LogP contribution in [0.4, 0.5) is 5.69 Å². The van der Waals surface area contributed by atoms with Crippen LogP contribution >= 0.6 is 34.7 Å². The smallest absolute Gasteiger partial charge is 0.263 e. The fourth-order valence-electron chi connectivity index (χ4n) is 2.20. The summed E-state index contributed by atoms with van der Waals surface area (Å²) >= 11 is 9.41. The molecule has 1 aliphatic rings. The molecule has 2 aromatic rings. The van der Waals surface area contributed by atoms with Crippen LogP contribution in [0.5, 0.6) is 0 Å². The van der Waals surface area contributed by atoms with Crippen molar-refractivity contribution < 1.29 is 4.79 Å². The molecule has 6 heteroatoms. The van der Waals surface area contributed by atoms with E-state index in [4.69, 9.17) is 17.3 Å². The van der Waals surface area contributed by atoms with Crippen molar-refractivity contribution in [3.63, 3.8) is 0 Å². The Morgan fingerprint density at radius 2 is 2.32 bits per heavy atom. The van der Waals surface area contributed by atoms with Crippen molar-refractivity contribution in [2.75, 3.05) is 17.2 Å². The number of hydrogen-bond donors (Lipinski definition) is 2. The van der Waals surface area contributed by atoms with E-state index in [0.717, 1.165) is 28.0 Å². The van der Waals surface area contributed by atoms with E-state index < -0.39 is 0 Å². The van der Waals surface area contributed by atoms with Gasteiger partial charge in [-0.25, -0.2) is 0 Å². The number of rotatable bonds is 2. The van der Waals surface area contributed by atoms with Crippen molar-refractivity contribution in [3.05, 3.63) is 28.1 Å². The maximum atomic E-state index is 12.3. The molecule has 3 N–H and O–H groups in total. The zero-order chi connectivity index (χ0) is 13.4. The minimum atomic E-state index is -0.0812. The first kappa shape index (κ1) is 13.1. The summed E-state index contributed by atoms with van der Waals surface area (Å²) in [6.45, 7) is 0. The largest absolute Gasteiger partial charge is 0.397 e. The molecule has 1 aliphatic heterocycles. The van der Waals surface area contributed by atoms with E-state index in [9.17, 15) is 4.79 Å². The highest BCUT2D eigenvalue weighted by Crippen LogP contribution is 2.38. The summed E-state index contributed by atoms with van der Waals surface area (Å²) in [7, 11) is 0.